The molecule has 0 saturated carbocycles. The molecule has 0 unspecified atom stereocenters. The molecule has 0 radical (unpaired) electrons. The molecule has 8 heteroatoms. The Balaban J connectivity index is 1.65. The molecule has 0 aliphatic carbocycles. The second-order valence-corrected chi connectivity index (χ2v) is 5.41. The molecule has 0 atom stereocenters. The van der Waals surface area contributed by atoms with E-state index in [0.717, 1.165) is 0 Å². The number of hydrogen-bond donors (Lipinski definition) is 2. The number of carbonyl (C=O) groups is 2. The highest BCUT2D eigenvalue weighted by Gasteiger charge is 2.18. The van der Waals surface area contributed by atoms with Gasteiger partial charge in [-0.1, -0.05) is 6.07 Å². The maximum absolute atomic E-state index is 12.4. The standard InChI is InChI=1S/C17H12N4O4/c22-15-9-25-13-5-4-10(7-12(13)20-15)19-16(23)11-8-18-14-3-1-2-6-21(14)17(11)24/h1-8H,9H2,(H,19,23)(H,20,22). The van der Waals surface area contributed by atoms with Crippen LogP contribution >= 0.6 is 0 Å². The lowest BCUT2D eigenvalue weighted by Crippen LogP contribution is -2.27. The number of rotatable bonds is 2. The molecule has 8 nitrogen and oxygen atoms in total. The van der Waals surface area contributed by atoms with Crippen molar-refractivity contribution >= 4 is 28.8 Å². The normalized spacial score (nSPS) is 12.9. The summed E-state index contributed by atoms with van der Waals surface area (Å²) in [5, 5.41) is 5.28. The molecule has 0 bridgehead atoms. The Morgan fingerprint density at radius 2 is 2.12 bits per heavy atom. The highest BCUT2D eigenvalue weighted by molar-refractivity contribution is 6.04. The molecule has 1 aliphatic rings. The van der Waals surface area contributed by atoms with Gasteiger partial charge in [-0.3, -0.25) is 18.8 Å². The van der Waals surface area contributed by atoms with Crippen molar-refractivity contribution in [2.24, 2.45) is 0 Å². The summed E-state index contributed by atoms with van der Waals surface area (Å²) < 4.78 is 6.56. The number of aromatic nitrogens is 2. The number of hydrogen-bond acceptors (Lipinski definition) is 5. The summed E-state index contributed by atoms with van der Waals surface area (Å²) in [6.45, 7) is -0.0434. The van der Waals surface area contributed by atoms with Crippen LogP contribution in [0.5, 0.6) is 5.75 Å². The van der Waals surface area contributed by atoms with Gasteiger partial charge in [-0.15, -0.1) is 0 Å². The first-order valence-electron chi connectivity index (χ1n) is 7.46. The minimum absolute atomic E-state index is 0.0434. The van der Waals surface area contributed by atoms with Crippen LogP contribution in [0.25, 0.3) is 5.65 Å². The van der Waals surface area contributed by atoms with Crippen molar-refractivity contribution in [2.45, 2.75) is 0 Å². The van der Waals surface area contributed by atoms with Gasteiger partial charge < -0.3 is 15.4 Å². The van der Waals surface area contributed by atoms with Gasteiger partial charge in [-0.25, -0.2) is 4.98 Å². The van der Waals surface area contributed by atoms with E-state index < -0.39 is 11.5 Å². The van der Waals surface area contributed by atoms with Crippen molar-refractivity contribution in [2.75, 3.05) is 17.2 Å². The summed E-state index contributed by atoms with van der Waals surface area (Å²) in [6.07, 6.45) is 2.80. The fourth-order valence-electron chi connectivity index (χ4n) is 2.54. The Hall–Kier alpha value is -3.68. The van der Waals surface area contributed by atoms with Gasteiger partial charge in [-0.05, 0) is 30.3 Å². The molecule has 2 amide bonds. The van der Waals surface area contributed by atoms with Crippen LogP contribution in [0.4, 0.5) is 11.4 Å². The Labute approximate surface area is 141 Å². The first-order valence-corrected chi connectivity index (χ1v) is 7.46. The van der Waals surface area contributed by atoms with Gasteiger partial charge in [0.25, 0.3) is 17.4 Å². The zero-order valence-electron chi connectivity index (χ0n) is 12.9. The number of benzene rings is 1. The number of amides is 2. The number of carbonyl (C=O) groups excluding carboxylic acids is 2. The maximum Gasteiger partial charge on any atom is 0.270 e. The molecule has 3 aromatic rings. The van der Waals surface area contributed by atoms with E-state index in [1.807, 2.05) is 0 Å². The molecule has 25 heavy (non-hydrogen) atoms. The van der Waals surface area contributed by atoms with Crippen LogP contribution in [-0.4, -0.2) is 27.8 Å². The predicted octanol–water partition coefficient (Wildman–Crippen LogP) is 1.28. The molecule has 0 fully saturated rings. The van der Waals surface area contributed by atoms with E-state index in [9.17, 15) is 14.4 Å². The molecule has 4 rings (SSSR count). The molecule has 3 heterocycles. The van der Waals surface area contributed by atoms with E-state index >= 15 is 0 Å². The van der Waals surface area contributed by atoms with Crippen LogP contribution in [0, 0.1) is 0 Å². The molecule has 124 valence electrons. The largest absolute Gasteiger partial charge is 0.482 e. The Morgan fingerprint density at radius 1 is 1.24 bits per heavy atom. The summed E-state index contributed by atoms with van der Waals surface area (Å²) in [5.41, 5.74) is 0.798. The first-order chi connectivity index (χ1) is 12.1. The Morgan fingerprint density at radius 3 is 3.00 bits per heavy atom. The van der Waals surface area contributed by atoms with Gasteiger partial charge in [-0.2, -0.15) is 0 Å². The van der Waals surface area contributed by atoms with Gasteiger partial charge in [0.2, 0.25) is 0 Å². The van der Waals surface area contributed by atoms with Gasteiger partial charge in [0.05, 0.1) is 5.69 Å². The number of anilines is 2. The molecule has 2 aromatic heterocycles. The fourth-order valence-corrected chi connectivity index (χ4v) is 2.54. The van der Waals surface area contributed by atoms with Crippen molar-refractivity contribution in [1.82, 2.24) is 9.38 Å². The second-order valence-electron chi connectivity index (χ2n) is 5.41. The SMILES string of the molecule is O=C1COc2ccc(NC(=O)c3cnc4ccccn4c3=O)cc2N1. The van der Waals surface area contributed by atoms with Crippen LogP contribution in [-0.2, 0) is 4.79 Å². The van der Waals surface area contributed by atoms with Crippen LogP contribution in [0.3, 0.4) is 0 Å². The third-order valence-electron chi connectivity index (χ3n) is 3.73. The Bertz CT molecular complexity index is 1070. The minimum atomic E-state index is -0.584. The first kappa shape index (κ1) is 14.9. The van der Waals surface area contributed by atoms with Crippen LogP contribution < -0.4 is 20.9 Å². The van der Waals surface area contributed by atoms with Crippen LogP contribution in [0.1, 0.15) is 10.4 Å². The molecule has 1 aliphatic heterocycles. The molecule has 1 aromatic carbocycles. The van der Waals surface area contributed by atoms with Gasteiger partial charge in [0.15, 0.2) is 6.61 Å². The third-order valence-corrected chi connectivity index (χ3v) is 3.73. The van der Waals surface area contributed by atoms with Crippen LogP contribution in [0.2, 0.25) is 0 Å². The summed E-state index contributed by atoms with van der Waals surface area (Å²) in [7, 11) is 0. The van der Waals surface area contributed by atoms with Crippen molar-refractivity contribution in [3.05, 3.63) is 64.7 Å². The maximum atomic E-state index is 12.4. The summed E-state index contributed by atoms with van der Waals surface area (Å²) >= 11 is 0. The van der Waals surface area contributed by atoms with E-state index in [2.05, 4.69) is 15.6 Å². The highest BCUT2D eigenvalue weighted by Crippen LogP contribution is 2.30. The zero-order valence-corrected chi connectivity index (χ0v) is 12.9. The van der Waals surface area contributed by atoms with Gasteiger partial charge in [0, 0.05) is 18.1 Å². The summed E-state index contributed by atoms with van der Waals surface area (Å²) in [5.74, 6) is -0.336. The van der Waals surface area contributed by atoms with E-state index in [1.54, 1.807) is 42.6 Å². The van der Waals surface area contributed by atoms with E-state index in [4.69, 9.17) is 4.74 Å². The zero-order chi connectivity index (χ0) is 17.4. The van der Waals surface area contributed by atoms with Crippen molar-refractivity contribution in [3.63, 3.8) is 0 Å². The fraction of sp³-hybridized carbons (Fsp3) is 0.0588. The molecular formula is C17H12N4O4. The summed E-state index contributed by atoms with van der Waals surface area (Å²) in [6, 6.07) is 9.94. The van der Waals surface area contributed by atoms with E-state index in [0.29, 0.717) is 22.8 Å². The number of nitrogens with zero attached hydrogens (tertiary/aromatic N) is 2. The topological polar surface area (TPSA) is 102 Å². The Kier molecular flexibility index (Phi) is 3.42. The van der Waals surface area contributed by atoms with Crippen molar-refractivity contribution in [1.29, 1.82) is 0 Å². The molecule has 0 saturated heterocycles. The number of fused-ring (bicyclic) bond motifs is 2. The molecule has 0 spiro atoms. The van der Waals surface area contributed by atoms with Gasteiger partial charge in [0.1, 0.15) is 17.0 Å². The van der Waals surface area contributed by atoms with Crippen molar-refractivity contribution < 1.29 is 14.3 Å². The smallest absolute Gasteiger partial charge is 0.270 e. The lowest BCUT2D eigenvalue weighted by atomic mass is 10.2. The predicted molar refractivity (Wildman–Crippen MR) is 90.0 cm³/mol. The van der Waals surface area contributed by atoms with Gasteiger partial charge >= 0.3 is 0 Å². The average Bonchev–Trinajstić information content (AvgIpc) is 2.62. The lowest BCUT2D eigenvalue weighted by Gasteiger charge is -2.18. The number of nitrogens with one attached hydrogen (secondary N) is 2. The monoisotopic (exact) mass is 336 g/mol. The average molecular weight is 336 g/mol. The molecule has 2 N–H and O–H groups in total. The number of pyridine rings is 1. The lowest BCUT2D eigenvalue weighted by molar-refractivity contribution is -0.118. The summed E-state index contributed by atoms with van der Waals surface area (Å²) in [4.78, 5) is 40.3. The van der Waals surface area contributed by atoms with E-state index in [-0.39, 0.29) is 18.1 Å². The third kappa shape index (κ3) is 2.69. The number of ether oxygens (including phenoxy) is 1. The van der Waals surface area contributed by atoms with Crippen LogP contribution in [0.15, 0.2) is 53.6 Å². The highest BCUT2D eigenvalue weighted by atomic mass is 16.5. The molecular weight excluding hydrogens is 324 g/mol. The minimum Gasteiger partial charge on any atom is -0.482 e. The van der Waals surface area contributed by atoms with E-state index in [1.165, 1.54) is 10.6 Å². The second kappa shape index (κ2) is 5.75. The van der Waals surface area contributed by atoms with Crippen molar-refractivity contribution in [3.8, 4) is 5.75 Å². The quantitative estimate of drug-likeness (QED) is 0.734.